The predicted octanol–water partition coefficient (Wildman–Crippen LogP) is 0.829. The molecule has 0 aliphatic rings. The summed E-state index contributed by atoms with van der Waals surface area (Å²) in [5.41, 5.74) is 7.90. The van der Waals surface area contributed by atoms with Crippen LogP contribution in [0.4, 0.5) is 0 Å². The predicted molar refractivity (Wildman–Crippen MR) is 63.1 cm³/mol. The van der Waals surface area contributed by atoms with Crippen LogP contribution in [0.2, 0.25) is 0 Å². The SMILES string of the molecule is Cc1[nH]c2ccccc2c1C(O)C(O)CN. The van der Waals surface area contributed by atoms with Gasteiger partial charge in [0.2, 0.25) is 0 Å². The summed E-state index contributed by atoms with van der Waals surface area (Å²) in [7, 11) is 0. The molecule has 1 aromatic heterocycles. The van der Waals surface area contributed by atoms with Crippen molar-refractivity contribution >= 4 is 10.9 Å². The molecular formula is C12H16N2O2. The minimum Gasteiger partial charge on any atom is -0.389 e. The number of hydrogen-bond acceptors (Lipinski definition) is 3. The molecule has 1 heterocycles. The third kappa shape index (κ3) is 1.71. The summed E-state index contributed by atoms with van der Waals surface area (Å²) >= 11 is 0. The number of aromatic nitrogens is 1. The highest BCUT2D eigenvalue weighted by Crippen LogP contribution is 2.29. The number of aliphatic hydroxyl groups excluding tert-OH is 2. The zero-order valence-corrected chi connectivity index (χ0v) is 9.14. The Morgan fingerprint density at radius 3 is 2.69 bits per heavy atom. The zero-order chi connectivity index (χ0) is 11.7. The number of rotatable bonds is 3. The van der Waals surface area contributed by atoms with Crippen molar-refractivity contribution in [2.24, 2.45) is 5.73 Å². The second-order valence-corrected chi connectivity index (χ2v) is 3.96. The maximum Gasteiger partial charge on any atom is 0.108 e. The summed E-state index contributed by atoms with van der Waals surface area (Å²) in [5, 5.41) is 20.5. The highest BCUT2D eigenvalue weighted by atomic mass is 16.3. The van der Waals surface area contributed by atoms with Gasteiger partial charge in [-0.1, -0.05) is 18.2 Å². The fourth-order valence-corrected chi connectivity index (χ4v) is 2.00. The maximum atomic E-state index is 10.0. The third-order valence-electron chi connectivity index (χ3n) is 2.85. The Balaban J connectivity index is 2.54. The number of aryl methyl sites for hydroxylation is 1. The van der Waals surface area contributed by atoms with Crippen LogP contribution in [0.15, 0.2) is 24.3 Å². The monoisotopic (exact) mass is 220 g/mol. The second kappa shape index (κ2) is 4.25. The van der Waals surface area contributed by atoms with Crippen molar-refractivity contribution in [1.29, 1.82) is 0 Å². The summed E-state index contributed by atoms with van der Waals surface area (Å²) in [4.78, 5) is 3.17. The van der Waals surface area contributed by atoms with Gasteiger partial charge in [0.1, 0.15) is 6.10 Å². The van der Waals surface area contributed by atoms with E-state index in [1.807, 2.05) is 31.2 Å². The van der Waals surface area contributed by atoms with Gasteiger partial charge in [-0.15, -0.1) is 0 Å². The molecule has 16 heavy (non-hydrogen) atoms. The highest BCUT2D eigenvalue weighted by Gasteiger charge is 2.22. The van der Waals surface area contributed by atoms with Crippen molar-refractivity contribution in [1.82, 2.24) is 4.98 Å². The van der Waals surface area contributed by atoms with E-state index in [0.29, 0.717) is 0 Å². The molecule has 2 atom stereocenters. The number of H-pyrrole nitrogens is 1. The Bertz CT molecular complexity index is 493. The average molecular weight is 220 g/mol. The van der Waals surface area contributed by atoms with Gasteiger partial charge in [0, 0.05) is 28.7 Å². The lowest BCUT2D eigenvalue weighted by molar-refractivity contribution is 0.0248. The first kappa shape index (κ1) is 11.1. The van der Waals surface area contributed by atoms with E-state index >= 15 is 0 Å². The van der Waals surface area contributed by atoms with Crippen LogP contribution < -0.4 is 5.73 Å². The molecule has 4 nitrogen and oxygen atoms in total. The molecule has 0 fully saturated rings. The molecule has 2 rings (SSSR count). The molecule has 0 saturated carbocycles. The summed E-state index contributed by atoms with van der Waals surface area (Å²) in [5.74, 6) is 0. The van der Waals surface area contributed by atoms with Gasteiger partial charge < -0.3 is 20.9 Å². The standard InChI is InChI=1S/C12H16N2O2/c1-7-11(12(16)10(15)6-13)8-4-2-3-5-9(8)14-7/h2-5,10,12,14-16H,6,13H2,1H3. The summed E-state index contributed by atoms with van der Waals surface area (Å²) in [6.45, 7) is 1.92. The number of benzene rings is 1. The molecule has 2 aromatic rings. The Kier molecular flexibility index (Phi) is 2.96. The smallest absolute Gasteiger partial charge is 0.108 e. The number of fused-ring (bicyclic) bond motifs is 1. The van der Waals surface area contributed by atoms with Gasteiger partial charge in [-0.05, 0) is 13.0 Å². The first-order valence-electron chi connectivity index (χ1n) is 5.28. The van der Waals surface area contributed by atoms with Gasteiger partial charge >= 0.3 is 0 Å². The van der Waals surface area contributed by atoms with Crippen molar-refractivity contribution < 1.29 is 10.2 Å². The van der Waals surface area contributed by atoms with Crippen LogP contribution in [0.25, 0.3) is 10.9 Å². The molecule has 4 heteroatoms. The second-order valence-electron chi connectivity index (χ2n) is 3.96. The average Bonchev–Trinajstić information content (AvgIpc) is 2.63. The Hall–Kier alpha value is -1.36. The number of nitrogens with two attached hydrogens (primary N) is 1. The molecule has 0 aliphatic carbocycles. The Labute approximate surface area is 93.7 Å². The van der Waals surface area contributed by atoms with E-state index < -0.39 is 12.2 Å². The van der Waals surface area contributed by atoms with Gasteiger partial charge in [0.25, 0.3) is 0 Å². The molecule has 1 aromatic carbocycles. The first-order chi connectivity index (χ1) is 7.65. The number of hydrogen-bond donors (Lipinski definition) is 4. The fraction of sp³-hybridized carbons (Fsp3) is 0.333. The summed E-state index contributed by atoms with van der Waals surface area (Å²) < 4.78 is 0. The number of nitrogens with one attached hydrogen (secondary N) is 1. The Morgan fingerprint density at radius 2 is 2.00 bits per heavy atom. The molecule has 0 spiro atoms. The van der Waals surface area contributed by atoms with E-state index in [2.05, 4.69) is 4.98 Å². The van der Waals surface area contributed by atoms with Gasteiger partial charge in [-0.2, -0.15) is 0 Å². The van der Waals surface area contributed by atoms with E-state index in [4.69, 9.17) is 5.73 Å². The Morgan fingerprint density at radius 1 is 1.31 bits per heavy atom. The molecule has 0 radical (unpaired) electrons. The molecule has 0 saturated heterocycles. The minimum atomic E-state index is -0.943. The largest absolute Gasteiger partial charge is 0.389 e. The van der Waals surface area contributed by atoms with Crippen LogP contribution in [0.1, 0.15) is 17.4 Å². The first-order valence-corrected chi connectivity index (χ1v) is 5.28. The van der Waals surface area contributed by atoms with E-state index in [-0.39, 0.29) is 6.54 Å². The molecule has 5 N–H and O–H groups in total. The van der Waals surface area contributed by atoms with E-state index in [9.17, 15) is 10.2 Å². The summed E-state index contributed by atoms with van der Waals surface area (Å²) in [6, 6.07) is 7.68. The quantitative estimate of drug-likeness (QED) is 0.618. The van der Waals surface area contributed by atoms with Gasteiger partial charge in [0.05, 0.1) is 6.10 Å². The van der Waals surface area contributed by atoms with Crippen molar-refractivity contribution in [3.63, 3.8) is 0 Å². The van der Waals surface area contributed by atoms with Crippen molar-refractivity contribution in [3.05, 3.63) is 35.5 Å². The van der Waals surface area contributed by atoms with Crippen LogP contribution in [-0.2, 0) is 0 Å². The number of aromatic amines is 1. The lowest BCUT2D eigenvalue weighted by atomic mass is 10.0. The van der Waals surface area contributed by atoms with Gasteiger partial charge in [0.15, 0.2) is 0 Å². The van der Waals surface area contributed by atoms with E-state index in [0.717, 1.165) is 22.2 Å². The van der Waals surface area contributed by atoms with Crippen LogP contribution in [0.3, 0.4) is 0 Å². The minimum absolute atomic E-state index is 0.0418. The molecular weight excluding hydrogens is 204 g/mol. The highest BCUT2D eigenvalue weighted by molar-refractivity contribution is 5.85. The molecule has 0 amide bonds. The molecule has 86 valence electrons. The number of aliphatic hydroxyl groups is 2. The van der Waals surface area contributed by atoms with E-state index in [1.165, 1.54) is 0 Å². The molecule has 0 aliphatic heterocycles. The lowest BCUT2D eigenvalue weighted by Crippen LogP contribution is -2.27. The van der Waals surface area contributed by atoms with Crippen molar-refractivity contribution in [2.45, 2.75) is 19.1 Å². The van der Waals surface area contributed by atoms with Crippen LogP contribution >= 0.6 is 0 Å². The van der Waals surface area contributed by atoms with Gasteiger partial charge in [-0.25, -0.2) is 0 Å². The molecule has 0 bridgehead atoms. The van der Waals surface area contributed by atoms with E-state index in [1.54, 1.807) is 0 Å². The maximum absolute atomic E-state index is 10.0. The van der Waals surface area contributed by atoms with Gasteiger partial charge in [-0.3, -0.25) is 0 Å². The normalized spacial score (nSPS) is 15.2. The zero-order valence-electron chi connectivity index (χ0n) is 9.14. The topological polar surface area (TPSA) is 82.3 Å². The van der Waals surface area contributed by atoms with Crippen molar-refractivity contribution in [2.75, 3.05) is 6.54 Å². The lowest BCUT2D eigenvalue weighted by Gasteiger charge is -2.16. The molecule has 2 unspecified atom stereocenters. The van der Waals surface area contributed by atoms with Crippen LogP contribution in [0.5, 0.6) is 0 Å². The fourth-order valence-electron chi connectivity index (χ4n) is 2.00. The van der Waals surface area contributed by atoms with Crippen LogP contribution in [-0.4, -0.2) is 27.8 Å². The number of para-hydroxylation sites is 1. The van der Waals surface area contributed by atoms with Crippen LogP contribution in [0, 0.1) is 6.92 Å². The van der Waals surface area contributed by atoms with Crippen molar-refractivity contribution in [3.8, 4) is 0 Å². The summed E-state index contributed by atoms with van der Waals surface area (Å²) in [6.07, 6.45) is -1.88. The third-order valence-corrected chi connectivity index (χ3v) is 2.85.